The Morgan fingerprint density at radius 3 is 2.81 bits per heavy atom. The summed E-state index contributed by atoms with van der Waals surface area (Å²) in [6.45, 7) is 4.96. The second-order valence-corrected chi connectivity index (χ2v) is 7.15. The molecule has 2 N–H and O–H groups in total. The molecule has 1 saturated carbocycles. The van der Waals surface area contributed by atoms with Crippen molar-refractivity contribution < 1.29 is 4.79 Å². The van der Waals surface area contributed by atoms with E-state index in [0.29, 0.717) is 24.4 Å². The summed E-state index contributed by atoms with van der Waals surface area (Å²) >= 11 is 3.41. The van der Waals surface area contributed by atoms with Gasteiger partial charge >= 0.3 is 0 Å². The van der Waals surface area contributed by atoms with Crippen LogP contribution in [0.25, 0.3) is 0 Å². The molecule has 0 aliphatic heterocycles. The molecule has 1 amide bonds. The van der Waals surface area contributed by atoms with Crippen LogP contribution in [0.1, 0.15) is 39.5 Å². The Bertz CT molecular complexity index is 476. The summed E-state index contributed by atoms with van der Waals surface area (Å²) in [5, 5.41) is 6.40. The highest BCUT2D eigenvalue weighted by atomic mass is 79.9. The van der Waals surface area contributed by atoms with E-state index >= 15 is 0 Å². The fourth-order valence-corrected chi connectivity index (χ4v) is 3.61. The lowest BCUT2D eigenvalue weighted by Gasteiger charge is -2.35. The minimum absolute atomic E-state index is 0.0289. The van der Waals surface area contributed by atoms with E-state index in [1.54, 1.807) is 0 Å². The zero-order chi connectivity index (χ0) is 15.2. The summed E-state index contributed by atoms with van der Waals surface area (Å²) in [7, 11) is 0. The summed E-state index contributed by atoms with van der Waals surface area (Å²) in [6, 6.07) is 8.16. The highest BCUT2D eigenvalue weighted by molar-refractivity contribution is 9.10. The number of halogens is 1. The van der Waals surface area contributed by atoms with Crippen molar-refractivity contribution >= 4 is 27.5 Å². The molecule has 3 nitrogen and oxygen atoms in total. The van der Waals surface area contributed by atoms with Gasteiger partial charge < -0.3 is 10.6 Å². The monoisotopic (exact) mass is 352 g/mol. The summed E-state index contributed by atoms with van der Waals surface area (Å²) < 4.78 is 0.973. The van der Waals surface area contributed by atoms with Crippen LogP contribution in [0.15, 0.2) is 28.7 Å². The van der Waals surface area contributed by atoms with E-state index in [1.165, 1.54) is 25.7 Å². The average molecular weight is 353 g/mol. The highest BCUT2D eigenvalue weighted by Crippen LogP contribution is 2.30. The molecule has 116 valence electrons. The van der Waals surface area contributed by atoms with Gasteiger partial charge in [0.05, 0.1) is 6.54 Å². The molecule has 21 heavy (non-hydrogen) atoms. The van der Waals surface area contributed by atoms with E-state index in [-0.39, 0.29) is 5.91 Å². The van der Waals surface area contributed by atoms with Crippen LogP contribution in [0.4, 0.5) is 5.69 Å². The van der Waals surface area contributed by atoms with Gasteiger partial charge in [-0.15, -0.1) is 0 Å². The van der Waals surface area contributed by atoms with Crippen molar-refractivity contribution in [1.82, 2.24) is 5.32 Å². The number of amides is 1. The van der Waals surface area contributed by atoms with Gasteiger partial charge in [0.1, 0.15) is 0 Å². The lowest BCUT2D eigenvalue weighted by molar-refractivity contribution is -0.115. The first-order chi connectivity index (χ1) is 10.1. The van der Waals surface area contributed by atoms with Crippen LogP contribution in [0.3, 0.4) is 0 Å². The van der Waals surface area contributed by atoms with Gasteiger partial charge in [0.25, 0.3) is 0 Å². The zero-order valence-corrected chi connectivity index (χ0v) is 14.4. The van der Waals surface area contributed by atoms with Crippen LogP contribution in [0, 0.1) is 11.8 Å². The predicted octanol–water partition coefficient (Wildman–Crippen LogP) is 4.19. The quantitative estimate of drug-likeness (QED) is 0.833. The Kier molecular flexibility index (Phi) is 6.24. The molecule has 2 unspecified atom stereocenters. The number of hydrogen-bond donors (Lipinski definition) is 2. The van der Waals surface area contributed by atoms with Crippen molar-refractivity contribution in [3.63, 3.8) is 0 Å². The molecule has 1 aliphatic carbocycles. The maximum absolute atomic E-state index is 12.1. The number of hydrogen-bond acceptors (Lipinski definition) is 2. The smallest absolute Gasteiger partial charge is 0.238 e. The lowest BCUT2D eigenvalue weighted by atomic mass is 9.78. The van der Waals surface area contributed by atoms with Crippen molar-refractivity contribution in [2.45, 2.75) is 45.6 Å². The molecular formula is C17H25BrN2O. The first kappa shape index (κ1) is 16.5. The van der Waals surface area contributed by atoms with E-state index < -0.39 is 0 Å². The Morgan fingerprint density at radius 2 is 2.10 bits per heavy atom. The summed E-state index contributed by atoms with van der Waals surface area (Å²) in [5.74, 6) is 1.40. The van der Waals surface area contributed by atoms with Crippen LogP contribution in [0.5, 0.6) is 0 Å². The van der Waals surface area contributed by atoms with Gasteiger partial charge in [-0.2, -0.15) is 0 Å². The Labute approximate surface area is 136 Å². The Morgan fingerprint density at radius 1 is 1.33 bits per heavy atom. The lowest BCUT2D eigenvalue weighted by Crippen LogP contribution is -2.44. The van der Waals surface area contributed by atoms with Crippen LogP contribution >= 0.6 is 15.9 Å². The van der Waals surface area contributed by atoms with Gasteiger partial charge in [-0.3, -0.25) is 4.79 Å². The molecule has 0 saturated heterocycles. The van der Waals surface area contributed by atoms with Crippen molar-refractivity contribution in [3.8, 4) is 0 Å². The van der Waals surface area contributed by atoms with Gasteiger partial charge in [-0.05, 0) is 42.9 Å². The fraction of sp³-hybridized carbons (Fsp3) is 0.588. The first-order valence-electron chi connectivity index (χ1n) is 7.85. The van der Waals surface area contributed by atoms with Crippen LogP contribution in [-0.2, 0) is 4.79 Å². The SMILES string of the molecule is CC(C)C1CCCCC1NCC(=O)Nc1cccc(Br)c1. The van der Waals surface area contributed by atoms with Crippen molar-refractivity contribution in [2.75, 3.05) is 11.9 Å². The van der Waals surface area contributed by atoms with Crippen LogP contribution in [0.2, 0.25) is 0 Å². The first-order valence-corrected chi connectivity index (χ1v) is 8.64. The van der Waals surface area contributed by atoms with Gasteiger partial charge in [-0.1, -0.05) is 48.7 Å². The minimum atomic E-state index is 0.0289. The van der Waals surface area contributed by atoms with Crippen LogP contribution in [-0.4, -0.2) is 18.5 Å². The van der Waals surface area contributed by atoms with E-state index in [0.717, 1.165) is 10.2 Å². The molecule has 0 spiro atoms. The van der Waals surface area contributed by atoms with Gasteiger partial charge in [-0.25, -0.2) is 0 Å². The zero-order valence-electron chi connectivity index (χ0n) is 12.9. The van der Waals surface area contributed by atoms with Crippen LogP contribution < -0.4 is 10.6 Å². The normalized spacial score (nSPS) is 22.3. The molecular weight excluding hydrogens is 328 g/mol. The Hall–Kier alpha value is -0.870. The number of carbonyl (C=O) groups excluding carboxylic acids is 1. The largest absolute Gasteiger partial charge is 0.325 e. The summed E-state index contributed by atoms with van der Waals surface area (Å²) in [5.41, 5.74) is 0.834. The molecule has 0 aromatic heterocycles. The van der Waals surface area contributed by atoms with Crippen molar-refractivity contribution in [2.24, 2.45) is 11.8 Å². The molecule has 0 heterocycles. The van der Waals surface area contributed by atoms with E-state index in [1.807, 2.05) is 24.3 Å². The standard InChI is InChI=1S/C17H25BrN2O/c1-12(2)15-8-3-4-9-16(15)19-11-17(21)20-14-7-5-6-13(18)10-14/h5-7,10,12,15-16,19H,3-4,8-9,11H2,1-2H3,(H,20,21). The molecule has 0 radical (unpaired) electrons. The third-order valence-corrected chi connectivity index (χ3v) is 4.80. The third-order valence-electron chi connectivity index (χ3n) is 4.31. The number of benzene rings is 1. The number of anilines is 1. The minimum Gasteiger partial charge on any atom is -0.325 e. The molecule has 4 heteroatoms. The number of nitrogens with one attached hydrogen (secondary N) is 2. The highest BCUT2D eigenvalue weighted by Gasteiger charge is 2.27. The molecule has 1 aromatic rings. The fourth-order valence-electron chi connectivity index (χ4n) is 3.21. The predicted molar refractivity (Wildman–Crippen MR) is 91.4 cm³/mol. The molecule has 1 aliphatic rings. The van der Waals surface area contributed by atoms with Crippen molar-refractivity contribution in [3.05, 3.63) is 28.7 Å². The Balaban J connectivity index is 1.82. The van der Waals surface area contributed by atoms with E-state index in [9.17, 15) is 4.79 Å². The second-order valence-electron chi connectivity index (χ2n) is 6.24. The van der Waals surface area contributed by atoms with Crippen molar-refractivity contribution in [1.29, 1.82) is 0 Å². The average Bonchev–Trinajstić information content (AvgIpc) is 2.45. The topological polar surface area (TPSA) is 41.1 Å². The molecule has 1 aromatic carbocycles. The van der Waals surface area contributed by atoms with E-state index in [4.69, 9.17) is 0 Å². The van der Waals surface area contributed by atoms with Gasteiger partial charge in [0.2, 0.25) is 5.91 Å². The third kappa shape index (κ3) is 5.11. The molecule has 1 fully saturated rings. The number of carbonyl (C=O) groups is 1. The molecule has 2 atom stereocenters. The van der Waals surface area contributed by atoms with Gasteiger partial charge in [0, 0.05) is 16.2 Å². The van der Waals surface area contributed by atoms with Gasteiger partial charge in [0.15, 0.2) is 0 Å². The number of rotatable bonds is 5. The summed E-state index contributed by atoms with van der Waals surface area (Å²) in [6.07, 6.45) is 5.06. The second kappa shape index (κ2) is 7.95. The summed E-state index contributed by atoms with van der Waals surface area (Å²) in [4.78, 5) is 12.1. The maximum Gasteiger partial charge on any atom is 0.238 e. The van der Waals surface area contributed by atoms with E-state index in [2.05, 4.69) is 40.4 Å². The molecule has 0 bridgehead atoms. The molecule has 2 rings (SSSR count). The maximum atomic E-state index is 12.1.